The first-order valence-electron chi connectivity index (χ1n) is 6.92. The summed E-state index contributed by atoms with van der Waals surface area (Å²) in [4.78, 5) is 27.9. The number of carbonyl (C=O) groups excluding carboxylic acids is 1. The molecule has 2 heterocycles. The summed E-state index contributed by atoms with van der Waals surface area (Å²) < 4.78 is 0. The van der Waals surface area contributed by atoms with Gasteiger partial charge in [0, 0.05) is 37.0 Å². The zero-order valence-corrected chi connectivity index (χ0v) is 11.3. The van der Waals surface area contributed by atoms with E-state index in [1.54, 1.807) is 11.0 Å². The number of pyridine rings is 1. The van der Waals surface area contributed by atoms with Gasteiger partial charge in [-0.05, 0) is 32.4 Å². The van der Waals surface area contributed by atoms with E-state index in [1.807, 2.05) is 6.92 Å². The molecular weight excluding hydrogens is 242 g/mol. The maximum atomic E-state index is 12.3. The Morgan fingerprint density at radius 3 is 2.95 bits per heavy atom. The highest BCUT2D eigenvalue weighted by molar-refractivity contribution is 5.94. The second kappa shape index (κ2) is 6.52. The molecule has 5 nitrogen and oxygen atoms in total. The molecule has 1 aliphatic heterocycles. The molecule has 2 rings (SSSR count). The second-order valence-corrected chi connectivity index (χ2v) is 4.93. The molecule has 1 aromatic rings. The van der Waals surface area contributed by atoms with Crippen LogP contribution in [0.5, 0.6) is 0 Å². The highest BCUT2D eigenvalue weighted by Gasteiger charge is 2.20. The lowest BCUT2D eigenvalue weighted by Gasteiger charge is -2.30. The van der Waals surface area contributed by atoms with Crippen LogP contribution in [0.3, 0.4) is 0 Å². The number of hydrogen-bond donors (Lipinski definition) is 2. The fraction of sp³-hybridized carbons (Fsp3) is 0.571. The maximum absolute atomic E-state index is 12.3. The van der Waals surface area contributed by atoms with Gasteiger partial charge in [0.05, 0.1) is 0 Å². The number of H-pyrrole nitrogens is 1. The zero-order valence-electron chi connectivity index (χ0n) is 11.3. The Morgan fingerprint density at radius 1 is 1.47 bits per heavy atom. The van der Waals surface area contributed by atoms with Crippen molar-refractivity contribution in [3.05, 3.63) is 34.2 Å². The molecule has 104 valence electrons. The quantitative estimate of drug-likeness (QED) is 0.851. The normalized spacial score (nSPS) is 19.1. The molecule has 2 N–H and O–H groups in total. The molecular formula is C14H21N3O2. The largest absolute Gasteiger partial charge is 0.337 e. The zero-order chi connectivity index (χ0) is 13.7. The van der Waals surface area contributed by atoms with Gasteiger partial charge in [-0.1, -0.05) is 6.42 Å². The summed E-state index contributed by atoms with van der Waals surface area (Å²) >= 11 is 0. The van der Waals surface area contributed by atoms with E-state index in [-0.39, 0.29) is 11.5 Å². The summed E-state index contributed by atoms with van der Waals surface area (Å²) in [6.07, 6.45) is 5.06. The van der Waals surface area contributed by atoms with E-state index in [4.69, 9.17) is 0 Å². The lowest BCUT2D eigenvalue weighted by Crippen LogP contribution is -2.45. The van der Waals surface area contributed by atoms with Crippen LogP contribution in [0.4, 0.5) is 0 Å². The van der Waals surface area contributed by atoms with Crippen LogP contribution in [-0.2, 0) is 0 Å². The first-order valence-corrected chi connectivity index (χ1v) is 6.92. The molecule has 1 atom stereocenters. The maximum Gasteiger partial charge on any atom is 0.254 e. The molecule has 1 unspecified atom stereocenters. The molecule has 0 aromatic carbocycles. The predicted octanol–water partition coefficient (Wildman–Crippen LogP) is 0.979. The number of nitrogens with one attached hydrogen (secondary N) is 2. The molecule has 0 spiro atoms. The summed E-state index contributed by atoms with van der Waals surface area (Å²) in [6, 6.07) is 3.39. The monoisotopic (exact) mass is 263 g/mol. The van der Waals surface area contributed by atoms with Crippen LogP contribution < -0.4 is 10.9 Å². The van der Waals surface area contributed by atoms with Crippen LogP contribution in [0.25, 0.3) is 0 Å². The summed E-state index contributed by atoms with van der Waals surface area (Å²) in [5.74, 6) is -0.0685. The van der Waals surface area contributed by atoms with Gasteiger partial charge in [0.25, 0.3) is 5.91 Å². The number of nitrogens with zero attached hydrogens (tertiary/aromatic N) is 1. The van der Waals surface area contributed by atoms with Gasteiger partial charge in [0.2, 0.25) is 5.56 Å². The molecule has 0 saturated carbocycles. The SMILES string of the molecule is CCN(CC1CCCCN1)C(=O)c1cc[nH]c(=O)c1. The smallest absolute Gasteiger partial charge is 0.254 e. The number of likely N-dealkylation sites (N-methyl/N-ethyl adjacent to an activating group) is 1. The fourth-order valence-corrected chi connectivity index (χ4v) is 2.46. The van der Waals surface area contributed by atoms with Crippen LogP contribution in [0.2, 0.25) is 0 Å². The summed E-state index contributed by atoms with van der Waals surface area (Å²) in [5.41, 5.74) is 0.221. The standard InChI is InChI=1S/C14H21N3O2/c1-2-17(10-12-5-3-4-7-15-12)14(19)11-6-8-16-13(18)9-11/h6,8-9,12,15H,2-5,7,10H2,1H3,(H,16,18). The molecule has 0 aliphatic carbocycles. The molecule has 0 bridgehead atoms. The lowest BCUT2D eigenvalue weighted by molar-refractivity contribution is 0.0741. The molecule has 1 aromatic heterocycles. The van der Waals surface area contributed by atoms with Crippen LogP contribution in [-0.4, -0.2) is 41.5 Å². The average molecular weight is 263 g/mol. The lowest BCUT2D eigenvalue weighted by atomic mass is 10.0. The van der Waals surface area contributed by atoms with Gasteiger partial charge in [0.15, 0.2) is 0 Å². The molecule has 1 aliphatic rings. The number of aromatic nitrogens is 1. The number of carbonyl (C=O) groups is 1. The van der Waals surface area contributed by atoms with Crippen LogP contribution in [0.15, 0.2) is 23.1 Å². The van der Waals surface area contributed by atoms with Gasteiger partial charge in [-0.15, -0.1) is 0 Å². The van der Waals surface area contributed by atoms with Gasteiger partial charge in [0.1, 0.15) is 0 Å². The molecule has 0 radical (unpaired) electrons. The Labute approximate surface area is 113 Å². The molecule has 1 amide bonds. The first-order chi connectivity index (χ1) is 9.20. The van der Waals surface area contributed by atoms with Gasteiger partial charge in [-0.2, -0.15) is 0 Å². The van der Waals surface area contributed by atoms with Gasteiger partial charge in [-0.3, -0.25) is 9.59 Å². The van der Waals surface area contributed by atoms with E-state index in [1.165, 1.54) is 25.1 Å². The second-order valence-electron chi connectivity index (χ2n) is 4.93. The van der Waals surface area contributed by atoms with Crippen molar-refractivity contribution >= 4 is 5.91 Å². The Bertz CT molecular complexity index is 478. The molecule has 5 heteroatoms. The van der Waals surface area contributed by atoms with Gasteiger partial charge < -0.3 is 15.2 Å². The minimum absolute atomic E-state index is 0.0685. The third-order valence-electron chi connectivity index (χ3n) is 3.54. The molecule has 1 saturated heterocycles. The third-order valence-corrected chi connectivity index (χ3v) is 3.54. The summed E-state index contributed by atoms with van der Waals surface area (Å²) in [5, 5.41) is 3.44. The first kappa shape index (κ1) is 13.8. The Morgan fingerprint density at radius 2 is 2.32 bits per heavy atom. The Hall–Kier alpha value is -1.62. The highest BCUT2D eigenvalue weighted by Crippen LogP contribution is 2.10. The van der Waals surface area contributed by atoms with E-state index >= 15 is 0 Å². The molecule has 19 heavy (non-hydrogen) atoms. The Balaban J connectivity index is 2.04. The van der Waals surface area contributed by atoms with Crippen LogP contribution in [0, 0.1) is 0 Å². The average Bonchev–Trinajstić information content (AvgIpc) is 2.45. The van der Waals surface area contributed by atoms with E-state index < -0.39 is 0 Å². The van der Waals surface area contributed by atoms with Crippen molar-refractivity contribution < 1.29 is 4.79 Å². The van der Waals surface area contributed by atoms with Crippen LogP contribution >= 0.6 is 0 Å². The minimum Gasteiger partial charge on any atom is -0.337 e. The van der Waals surface area contributed by atoms with Crippen molar-refractivity contribution in [1.29, 1.82) is 0 Å². The minimum atomic E-state index is -0.238. The Kier molecular flexibility index (Phi) is 4.74. The summed E-state index contributed by atoms with van der Waals surface area (Å²) in [7, 11) is 0. The number of rotatable bonds is 4. The van der Waals surface area contributed by atoms with E-state index in [0.717, 1.165) is 13.0 Å². The molecule has 1 fully saturated rings. The van der Waals surface area contributed by atoms with Crippen molar-refractivity contribution in [2.24, 2.45) is 0 Å². The van der Waals surface area contributed by atoms with Gasteiger partial charge in [-0.25, -0.2) is 0 Å². The number of amides is 1. The third kappa shape index (κ3) is 3.67. The van der Waals surface area contributed by atoms with Crippen molar-refractivity contribution in [1.82, 2.24) is 15.2 Å². The number of hydrogen-bond acceptors (Lipinski definition) is 3. The van der Waals surface area contributed by atoms with E-state index in [9.17, 15) is 9.59 Å². The van der Waals surface area contributed by atoms with Crippen molar-refractivity contribution in [2.75, 3.05) is 19.6 Å². The van der Waals surface area contributed by atoms with Crippen molar-refractivity contribution in [3.8, 4) is 0 Å². The summed E-state index contributed by atoms with van der Waals surface area (Å²) in [6.45, 7) is 4.36. The number of aromatic amines is 1. The fourth-order valence-electron chi connectivity index (χ4n) is 2.46. The van der Waals surface area contributed by atoms with Crippen molar-refractivity contribution in [2.45, 2.75) is 32.2 Å². The van der Waals surface area contributed by atoms with E-state index in [0.29, 0.717) is 24.7 Å². The van der Waals surface area contributed by atoms with Gasteiger partial charge >= 0.3 is 0 Å². The van der Waals surface area contributed by atoms with Crippen LogP contribution in [0.1, 0.15) is 36.5 Å². The topological polar surface area (TPSA) is 65.2 Å². The van der Waals surface area contributed by atoms with Crippen molar-refractivity contribution in [3.63, 3.8) is 0 Å². The highest BCUT2D eigenvalue weighted by atomic mass is 16.2. The number of piperidine rings is 1. The predicted molar refractivity (Wildman–Crippen MR) is 74.3 cm³/mol. The van der Waals surface area contributed by atoms with E-state index in [2.05, 4.69) is 10.3 Å².